The van der Waals surface area contributed by atoms with Crippen LogP contribution in [0.25, 0.3) is 21.5 Å². The van der Waals surface area contributed by atoms with Crippen molar-refractivity contribution in [3.05, 3.63) is 55.0 Å². The Hall–Kier alpha value is -2.43. The first-order chi connectivity index (χ1) is 15.0. The summed E-state index contributed by atoms with van der Waals surface area (Å²) in [5.41, 5.74) is 3.12. The van der Waals surface area contributed by atoms with Gasteiger partial charge in [-0.15, -0.1) is 0 Å². The Morgan fingerprint density at radius 3 is 2.38 bits per heavy atom. The molecule has 0 radical (unpaired) electrons. The second-order valence-electron chi connectivity index (χ2n) is 7.20. The molecular weight excluding hydrogens is 437 g/mol. The van der Waals surface area contributed by atoms with E-state index in [1.54, 1.807) is 32.4 Å². The van der Waals surface area contributed by atoms with Crippen LogP contribution in [0, 0.1) is 5.41 Å². The molecule has 0 atom stereocenters. The van der Waals surface area contributed by atoms with Gasteiger partial charge in [-0.25, -0.2) is 19.9 Å². The monoisotopic (exact) mass is 459 g/mol. The van der Waals surface area contributed by atoms with E-state index in [1.165, 1.54) is 11.3 Å². The minimum Gasteiger partial charge on any atom is -0.857 e. The van der Waals surface area contributed by atoms with Crippen molar-refractivity contribution in [2.24, 2.45) is 5.41 Å². The fourth-order valence-electron chi connectivity index (χ4n) is 2.52. The summed E-state index contributed by atoms with van der Waals surface area (Å²) in [7, 11) is 0.750. The smallest absolute Gasteiger partial charge is 0.857 e. The summed E-state index contributed by atoms with van der Waals surface area (Å²) in [4.78, 5) is 29.1. The van der Waals surface area contributed by atoms with Gasteiger partial charge in [0.2, 0.25) is 0 Å². The molecule has 0 aliphatic heterocycles. The third-order valence-electron chi connectivity index (χ3n) is 4.16. The number of benzene rings is 1. The zero-order valence-corrected chi connectivity index (χ0v) is 21.2. The number of fused-ring (bicyclic) bond motifs is 1. The minimum atomic E-state index is -0.565. The van der Waals surface area contributed by atoms with Crippen LogP contribution in [0.3, 0.4) is 0 Å². The molecule has 1 N–H and O–H groups in total. The molecule has 4 aromatic rings. The largest absolute Gasteiger partial charge is 1.00 e. The molecule has 0 amide bonds. The van der Waals surface area contributed by atoms with Gasteiger partial charge in [-0.05, 0) is 43.7 Å². The van der Waals surface area contributed by atoms with Gasteiger partial charge in [0.25, 0.3) is 0 Å². The van der Waals surface area contributed by atoms with E-state index in [2.05, 4.69) is 25.3 Å². The van der Waals surface area contributed by atoms with Gasteiger partial charge in [0, 0.05) is 29.8 Å². The molecule has 0 spiro atoms. The molecule has 0 aliphatic rings. The molecule has 0 bridgehead atoms. The number of nitrogens with zero attached hydrogens (tertiary/aromatic N) is 4. The first kappa shape index (κ1) is 25.8. The SMILES string of the molecule is CC(C)(C=O)COc1ncc(-c2ccc(Nc3nc4cccnc4s3)cc2)cn1.C[O-].[Na+]. The van der Waals surface area contributed by atoms with Gasteiger partial charge in [-0.1, -0.05) is 23.5 Å². The van der Waals surface area contributed by atoms with Crippen molar-refractivity contribution in [1.29, 1.82) is 0 Å². The zero-order chi connectivity index (χ0) is 22.3. The van der Waals surface area contributed by atoms with Gasteiger partial charge in [-0.3, -0.25) is 0 Å². The molecule has 3 aromatic heterocycles. The number of anilines is 2. The zero-order valence-electron chi connectivity index (χ0n) is 18.4. The topological polar surface area (TPSA) is 113 Å². The molecule has 0 fully saturated rings. The van der Waals surface area contributed by atoms with E-state index >= 15 is 0 Å². The number of hydrogen-bond donors (Lipinski definition) is 1. The van der Waals surface area contributed by atoms with Gasteiger partial charge in [0.15, 0.2) is 5.13 Å². The Balaban J connectivity index is 0.00000118. The summed E-state index contributed by atoms with van der Waals surface area (Å²) in [6.45, 7) is 3.83. The van der Waals surface area contributed by atoms with Gasteiger partial charge in [0.05, 0.1) is 5.41 Å². The molecule has 3 heterocycles. The fraction of sp³-hybridized carbons (Fsp3) is 0.227. The Morgan fingerprint density at radius 1 is 1.06 bits per heavy atom. The van der Waals surface area contributed by atoms with Crippen molar-refractivity contribution in [2.75, 3.05) is 19.0 Å². The number of aromatic nitrogens is 4. The summed E-state index contributed by atoms with van der Waals surface area (Å²) in [6.07, 6.45) is 6.04. The number of aldehydes is 1. The normalized spacial score (nSPS) is 10.5. The van der Waals surface area contributed by atoms with Crippen molar-refractivity contribution >= 4 is 38.8 Å². The van der Waals surface area contributed by atoms with Crippen molar-refractivity contribution in [2.45, 2.75) is 13.8 Å². The Kier molecular flexibility index (Phi) is 9.67. The second kappa shape index (κ2) is 12.0. The third kappa shape index (κ3) is 6.78. The van der Waals surface area contributed by atoms with Gasteiger partial charge < -0.3 is 20.0 Å². The van der Waals surface area contributed by atoms with Crippen LogP contribution in [0.4, 0.5) is 10.8 Å². The summed E-state index contributed by atoms with van der Waals surface area (Å²) in [5.74, 6) is 0. The van der Waals surface area contributed by atoms with Crippen LogP contribution >= 0.6 is 11.3 Å². The van der Waals surface area contributed by atoms with Crippen LogP contribution < -0.4 is 44.7 Å². The Bertz CT molecular complexity index is 1100. The molecule has 0 saturated heterocycles. The number of pyridine rings is 1. The molecule has 8 nitrogen and oxygen atoms in total. The average molecular weight is 460 g/mol. The third-order valence-corrected chi connectivity index (χ3v) is 5.05. The van der Waals surface area contributed by atoms with Crippen LogP contribution in [-0.4, -0.2) is 39.9 Å². The maximum atomic E-state index is 10.9. The van der Waals surface area contributed by atoms with Crippen LogP contribution in [0.1, 0.15) is 13.8 Å². The number of carbonyl (C=O) groups excluding carboxylic acids is 1. The van der Waals surface area contributed by atoms with Crippen molar-refractivity contribution < 1.29 is 44.2 Å². The standard InChI is InChI=1S/C21H19N5O2S.CH3O.Na/c1-21(2,12-27)13-28-19-23-10-15(11-24-19)14-5-7-16(8-6-14)25-20-26-17-4-3-9-22-18(17)29-20;1-2;/h3-12H,13H2,1-2H3,(H,25,26);1H3;/q;-1;+1. The number of hydrogen-bond acceptors (Lipinski definition) is 9. The predicted octanol–water partition coefficient (Wildman–Crippen LogP) is 0.476. The van der Waals surface area contributed by atoms with Gasteiger partial charge in [-0.2, -0.15) is 7.11 Å². The summed E-state index contributed by atoms with van der Waals surface area (Å²) in [5, 5.41) is 12.4. The molecule has 0 aliphatic carbocycles. The van der Waals surface area contributed by atoms with Crippen LogP contribution in [0.15, 0.2) is 55.0 Å². The number of rotatable bonds is 7. The molecule has 1 aromatic carbocycles. The van der Waals surface area contributed by atoms with E-state index in [1.807, 2.05) is 36.4 Å². The maximum Gasteiger partial charge on any atom is 1.00 e. The summed E-state index contributed by atoms with van der Waals surface area (Å²) < 4.78 is 5.49. The van der Waals surface area contributed by atoms with E-state index in [0.29, 0.717) is 0 Å². The maximum absolute atomic E-state index is 10.9. The van der Waals surface area contributed by atoms with E-state index in [-0.39, 0.29) is 42.2 Å². The van der Waals surface area contributed by atoms with Crippen molar-refractivity contribution in [3.63, 3.8) is 0 Å². The number of ether oxygens (including phenoxy) is 1. The van der Waals surface area contributed by atoms with Crippen LogP contribution in [0.5, 0.6) is 6.01 Å². The Morgan fingerprint density at radius 2 is 1.75 bits per heavy atom. The minimum absolute atomic E-state index is 0. The molecule has 0 saturated carbocycles. The fourth-order valence-corrected chi connectivity index (χ4v) is 3.35. The molecular formula is C22H22N5NaO3S. The second-order valence-corrected chi connectivity index (χ2v) is 8.18. The first-order valence-electron chi connectivity index (χ1n) is 9.43. The van der Waals surface area contributed by atoms with Crippen LogP contribution in [-0.2, 0) is 4.79 Å². The van der Waals surface area contributed by atoms with Gasteiger partial charge in [0.1, 0.15) is 23.2 Å². The van der Waals surface area contributed by atoms with Gasteiger partial charge >= 0.3 is 35.6 Å². The van der Waals surface area contributed by atoms with Crippen molar-refractivity contribution in [1.82, 2.24) is 19.9 Å². The van der Waals surface area contributed by atoms with E-state index in [4.69, 9.17) is 9.84 Å². The average Bonchev–Trinajstić information content (AvgIpc) is 3.22. The predicted molar refractivity (Wildman–Crippen MR) is 119 cm³/mol. The quantitative estimate of drug-likeness (QED) is 0.314. The molecule has 0 unspecified atom stereocenters. The van der Waals surface area contributed by atoms with Crippen molar-refractivity contribution in [3.8, 4) is 17.1 Å². The van der Waals surface area contributed by atoms with Crippen LogP contribution in [0.2, 0.25) is 0 Å². The summed E-state index contributed by atoms with van der Waals surface area (Å²) in [6, 6.07) is 12.0. The molecule has 4 rings (SSSR count). The number of thiazole rings is 1. The Labute approximate surface area is 212 Å². The molecule has 10 heteroatoms. The molecule has 32 heavy (non-hydrogen) atoms. The molecule has 160 valence electrons. The van der Waals surface area contributed by atoms with E-state index in [9.17, 15) is 4.79 Å². The van der Waals surface area contributed by atoms with E-state index < -0.39 is 5.41 Å². The number of nitrogens with one attached hydrogen (secondary N) is 1. The summed E-state index contributed by atoms with van der Waals surface area (Å²) >= 11 is 1.51. The van der Waals surface area contributed by atoms with E-state index in [0.717, 1.165) is 45.7 Å². The number of carbonyl (C=O) groups is 1. The first-order valence-corrected chi connectivity index (χ1v) is 10.3.